The number of para-hydroxylation sites is 1. The Labute approximate surface area is 120 Å². The zero-order valence-electron chi connectivity index (χ0n) is 11.8. The summed E-state index contributed by atoms with van der Waals surface area (Å²) in [5, 5.41) is 1.12. The van der Waals surface area contributed by atoms with Crippen LogP contribution in [0.5, 0.6) is 5.75 Å². The Balaban J connectivity index is 1.79. The summed E-state index contributed by atoms with van der Waals surface area (Å²) in [7, 11) is 0. The molecule has 1 aliphatic rings. The van der Waals surface area contributed by atoms with Gasteiger partial charge in [-0.15, -0.1) is 0 Å². The molecule has 1 fully saturated rings. The fraction of sp³-hybridized carbons (Fsp3) is 0.471. The van der Waals surface area contributed by atoms with Crippen LogP contribution in [0.25, 0.3) is 10.9 Å². The molecule has 2 N–H and O–H groups in total. The highest BCUT2D eigenvalue weighted by Crippen LogP contribution is 2.36. The van der Waals surface area contributed by atoms with Crippen LogP contribution < -0.4 is 10.5 Å². The second-order valence-electron chi connectivity index (χ2n) is 5.88. The van der Waals surface area contributed by atoms with Gasteiger partial charge in [0.05, 0.1) is 6.61 Å². The minimum absolute atomic E-state index is 0.162. The molecule has 0 amide bonds. The van der Waals surface area contributed by atoms with Crippen LogP contribution in [0, 0.1) is 5.41 Å². The predicted octanol–water partition coefficient (Wildman–Crippen LogP) is 3.52. The van der Waals surface area contributed by atoms with Crippen molar-refractivity contribution in [3.8, 4) is 5.75 Å². The second kappa shape index (κ2) is 5.80. The van der Waals surface area contributed by atoms with E-state index in [1.54, 1.807) is 0 Å². The number of nitrogens with zero attached hydrogens (tertiary/aromatic N) is 1. The molecule has 3 rings (SSSR count). The Morgan fingerprint density at radius 3 is 2.70 bits per heavy atom. The maximum atomic E-state index is 6.11. The minimum Gasteiger partial charge on any atom is -0.491 e. The third-order valence-corrected chi connectivity index (χ3v) is 4.48. The van der Waals surface area contributed by atoms with Crippen LogP contribution in [-0.4, -0.2) is 18.1 Å². The number of aromatic nitrogens is 1. The lowest BCUT2D eigenvalue weighted by Crippen LogP contribution is -2.38. The first kappa shape index (κ1) is 13.4. The molecular formula is C17H22N2O. The van der Waals surface area contributed by atoms with Gasteiger partial charge in [0.25, 0.3) is 0 Å². The Kier molecular flexibility index (Phi) is 3.88. The number of pyridine rings is 1. The molecule has 1 aromatic heterocycles. The lowest BCUT2D eigenvalue weighted by atomic mass is 9.75. The van der Waals surface area contributed by atoms with Crippen LogP contribution in [0.3, 0.4) is 0 Å². The highest BCUT2D eigenvalue weighted by Gasteiger charge is 2.31. The molecule has 0 saturated heterocycles. The van der Waals surface area contributed by atoms with E-state index in [9.17, 15) is 0 Å². The highest BCUT2D eigenvalue weighted by atomic mass is 16.5. The fourth-order valence-electron chi connectivity index (χ4n) is 3.13. The SMILES string of the molecule is NCC1(COc2cccc3cccnc23)CCCCC1. The van der Waals surface area contributed by atoms with Gasteiger partial charge in [-0.2, -0.15) is 0 Å². The zero-order chi connectivity index (χ0) is 13.8. The van der Waals surface area contributed by atoms with Crippen molar-refractivity contribution in [3.05, 3.63) is 36.5 Å². The summed E-state index contributed by atoms with van der Waals surface area (Å²) >= 11 is 0. The lowest BCUT2D eigenvalue weighted by Gasteiger charge is -2.35. The molecule has 0 radical (unpaired) electrons. The Morgan fingerprint density at radius 1 is 1.10 bits per heavy atom. The molecule has 106 valence electrons. The van der Waals surface area contributed by atoms with Crippen molar-refractivity contribution in [2.75, 3.05) is 13.2 Å². The minimum atomic E-state index is 0.162. The number of rotatable bonds is 4. The van der Waals surface area contributed by atoms with Crippen molar-refractivity contribution < 1.29 is 4.74 Å². The van der Waals surface area contributed by atoms with E-state index in [1.165, 1.54) is 32.1 Å². The zero-order valence-corrected chi connectivity index (χ0v) is 11.8. The highest BCUT2D eigenvalue weighted by molar-refractivity contribution is 5.84. The largest absolute Gasteiger partial charge is 0.491 e. The summed E-state index contributed by atoms with van der Waals surface area (Å²) in [6.07, 6.45) is 8.05. The van der Waals surface area contributed by atoms with Crippen LogP contribution in [0.2, 0.25) is 0 Å². The summed E-state index contributed by atoms with van der Waals surface area (Å²) in [4.78, 5) is 4.44. The normalized spacial score (nSPS) is 18.1. The van der Waals surface area contributed by atoms with Crippen molar-refractivity contribution in [2.24, 2.45) is 11.1 Å². The van der Waals surface area contributed by atoms with Crippen molar-refractivity contribution in [1.82, 2.24) is 4.98 Å². The van der Waals surface area contributed by atoms with Gasteiger partial charge in [-0.05, 0) is 25.0 Å². The Bertz CT molecular complexity index is 571. The van der Waals surface area contributed by atoms with Gasteiger partial charge in [0.2, 0.25) is 0 Å². The number of nitrogens with two attached hydrogens (primary N) is 1. The van der Waals surface area contributed by atoms with Gasteiger partial charge < -0.3 is 10.5 Å². The molecule has 20 heavy (non-hydrogen) atoms. The number of hydrogen-bond acceptors (Lipinski definition) is 3. The first-order valence-electron chi connectivity index (χ1n) is 7.50. The van der Waals surface area contributed by atoms with E-state index < -0.39 is 0 Å². The molecule has 0 spiro atoms. The number of ether oxygens (including phenoxy) is 1. The smallest absolute Gasteiger partial charge is 0.145 e. The van der Waals surface area contributed by atoms with E-state index in [0.29, 0.717) is 13.2 Å². The molecule has 0 atom stereocenters. The first-order chi connectivity index (χ1) is 9.83. The van der Waals surface area contributed by atoms with Gasteiger partial charge >= 0.3 is 0 Å². The van der Waals surface area contributed by atoms with Gasteiger partial charge in [-0.25, -0.2) is 0 Å². The summed E-state index contributed by atoms with van der Waals surface area (Å²) in [6, 6.07) is 10.1. The summed E-state index contributed by atoms with van der Waals surface area (Å²) in [5.41, 5.74) is 7.12. The molecule has 1 aromatic carbocycles. The first-order valence-corrected chi connectivity index (χ1v) is 7.50. The average molecular weight is 270 g/mol. The second-order valence-corrected chi connectivity index (χ2v) is 5.88. The van der Waals surface area contributed by atoms with Gasteiger partial charge in [-0.1, -0.05) is 37.5 Å². The van der Waals surface area contributed by atoms with Crippen molar-refractivity contribution in [3.63, 3.8) is 0 Å². The molecule has 2 aromatic rings. The number of hydrogen-bond donors (Lipinski definition) is 1. The van der Waals surface area contributed by atoms with Crippen LogP contribution in [0.4, 0.5) is 0 Å². The van der Waals surface area contributed by atoms with Crippen LogP contribution in [0.15, 0.2) is 36.5 Å². The summed E-state index contributed by atoms with van der Waals surface area (Å²) in [6.45, 7) is 1.42. The van der Waals surface area contributed by atoms with E-state index >= 15 is 0 Å². The molecule has 3 nitrogen and oxygen atoms in total. The molecule has 1 aliphatic carbocycles. The average Bonchev–Trinajstić information content (AvgIpc) is 2.54. The maximum absolute atomic E-state index is 6.11. The molecule has 0 bridgehead atoms. The topological polar surface area (TPSA) is 48.1 Å². The monoisotopic (exact) mass is 270 g/mol. The van der Waals surface area contributed by atoms with Crippen LogP contribution >= 0.6 is 0 Å². The van der Waals surface area contributed by atoms with Crippen molar-refractivity contribution >= 4 is 10.9 Å². The van der Waals surface area contributed by atoms with Crippen LogP contribution in [-0.2, 0) is 0 Å². The third-order valence-electron chi connectivity index (χ3n) is 4.48. The molecular weight excluding hydrogens is 248 g/mol. The van der Waals surface area contributed by atoms with E-state index in [2.05, 4.69) is 17.1 Å². The van der Waals surface area contributed by atoms with E-state index in [0.717, 1.165) is 16.7 Å². The van der Waals surface area contributed by atoms with E-state index in [-0.39, 0.29) is 5.41 Å². The summed E-state index contributed by atoms with van der Waals surface area (Å²) in [5.74, 6) is 0.876. The quantitative estimate of drug-likeness (QED) is 0.924. The molecule has 1 saturated carbocycles. The standard InChI is InChI=1S/C17H22N2O/c18-12-17(9-2-1-3-10-17)13-20-15-8-4-6-14-7-5-11-19-16(14)15/h4-8,11H,1-3,9-10,12-13,18H2. The molecule has 0 aliphatic heterocycles. The van der Waals surface area contributed by atoms with E-state index in [4.69, 9.17) is 10.5 Å². The molecule has 1 heterocycles. The Hall–Kier alpha value is -1.61. The van der Waals surface area contributed by atoms with Crippen molar-refractivity contribution in [1.29, 1.82) is 0 Å². The summed E-state index contributed by atoms with van der Waals surface area (Å²) < 4.78 is 6.11. The van der Waals surface area contributed by atoms with Crippen molar-refractivity contribution in [2.45, 2.75) is 32.1 Å². The van der Waals surface area contributed by atoms with E-state index in [1.807, 2.05) is 24.4 Å². The Morgan fingerprint density at radius 2 is 1.90 bits per heavy atom. The number of benzene rings is 1. The molecule has 0 unspecified atom stereocenters. The van der Waals surface area contributed by atoms with Gasteiger partial charge in [0.1, 0.15) is 11.3 Å². The lowest BCUT2D eigenvalue weighted by molar-refractivity contribution is 0.106. The predicted molar refractivity (Wildman–Crippen MR) is 81.8 cm³/mol. The van der Waals surface area contributed by atoms with Gasteiger partial charge in [-0.3, -0.25) is 4.98 Å². The molecule has 3 heteroatoms. The number of fused-ring (bicyclic) bond motifs is 1. The third kappa shape index (κ3) is 2.63. The van der Waals surface area contributed by atoms with Gasteiger partial charge in [0.15, 0.2) is 0 Å². The maximum Gasteiger partial charge on any atom is 0.145 e. The fourth-order valence-corrected chi connectivity index (χ4v) is 3.13. The van der Waals surface area contributed by atoms with Crippen LogP contribution in [0.1, 0.15) is 32.1 Å². The van der Waals surface area contributed by atoms with Gasteiger partial charge in [0, 0.05) is 23.5 Å².